The van der Waals surface area contributed by atoms with Gasteiger partial charge in [-0.2, -0.15) is 0 Å². The van der Waals surface area contributed by atoms with Crippen LogP contribution in [0, 0.1) is 0 Å². The van der Waals surface area contributed by atoms with Gasteiger partial charge in [-0.1, -0.05) is 33.6 Å². The van der Waals surface area contributed by atoms with E-state index in [9.17, 15) is 4.79 Å². The molecule has 0 spiro atoms. The molecular formula is C13H11BrClNO. The van der Waals surface area contributed by atoms with Gasteiger partial charge in [0.25, 0.3) is 0 Å². The maximum Gasteiger partial charge on any atom is 0.143 e. The summed E-state index contributed by atoms with van der Waals surface area (Å²) >= 11 is 9.48. The third kappa shape index (κ3) is 2.67. The molecule has 0 aliphatic rings. The average molecular weight is 313 g/mol. The summed E-state index contributed by atoms with van der Waals surface area (Å²) in [5.74, 6) is 0.115. The van der Waals surface area contributed by atoms with Crippen LogP contribution in [0.4, 0.5) is 0 Å². The zero-order valence-electron chi connectivity index (χ0n) is 9.28. The highest BCUT2D eigenvalue weighted by atomic mass is 79.9. The number of ketones is 1. The van der Waals surface area contributed by atoms with E-state index < -0.39 is 0 Å². The number of rotatable bonds is 3. The van der Waals surface area contributed by atoms with Crippen molar-refractivity contribution in [3.05, 3.63) is 41.0 Å². The van der Waals surface area contributed by atoms with Gasteiger partial charge in [-0.05, 0) is 37.1 Å². The summed E-state index contributed by atoms with van der Waals surface area (Å²) in [6, 6.07) is 7.56. The second-order valence-corrected chi connectivity index (χ2v) is 5.40. The van der Waals surface area contributed by atoms with Crippen molar-refractivity contribution >= 4 is 44.2 Å². The largest absolute Gasteiger partial charge is 0.299 e. The van der Waals surface area contributed by atoms with Gasteiger partial charge in [-0.25, -0.2) is 0 Å². The smallest absolute Gasteiger partial charge is 0.143 e. The molecular weight excluding hydrogens is 302 g/mol. The third-order valence-corrected chi connectivity index (χ3v) is 3.94. The van der Waals surface area contributed by atoms with Crippen molar-refractivity contribution < 1.29 is 4.79 Å². The Balaban J connectivity index is 2.48. The molecule has 1 heterocycles. The molecule has 0 fully saturated rings. The van der Waals surface area contributed by atoms with Crippen LogP contribution in [-0.4, -0.2) is 15.6 Å². The van der Waals surface area contributed by atoms with Crippen molar-refractivity contribution in [3.8, 4) is 0 Å². The van der Waals surface area contributed by atoms with Crippen molar-refractivity contribution in [2.24, 2.45) is 0 Å². The summed E-state index contributed by atoms with van der Waals surface area (Å²) in [6.45, 7) is 1.57. The standard InChI is InChI=1S/C13H11BrClNO/c1-8(17)11(14)7-9-4-5-12(15)10-3-2-6-16-13(9)10/h2-6,11H,7H2,1H3. The Morgan fingerprint density at radius 3 is 2.94 bits per heavy atom. The second kappa shape index (κ2) is 5.15. The van der Waals surface area contributed by atoms with Gasteiger partial charge in [0.2, 0.25) is 0 Å². The molecule has 17 heavy (non-hydrogen) atoms. The third-order valence-electron chi connectivity index (χ3n) is 2.64. The molecule has 2 aromatic rings. The SMILES string of the molecule is CC(=O)C(Br)Cc1ccc(Cl)c2cccnc12. The van der Waals surface area contributed by atoms with E-state index in [1.54, 1.807) is 13.1 Å². The molecule has 0 aliphatic heterocycles. The number of carbonyl (C=O) groups is 1. The van der Waals surface area contributed by atoms with E-state index in [1.165, 1.54) is 0 Å². The number of halogens is 2. The Hall–Kier alpha value is -0.930. The Labute approximate surface area is 113 Å². The van der Waals surface area contributed by atoms with Gasteiger partial charge < -0.3 is 0 Å². The molecule has 0 N–H and O–H groups in total. The molecule has 0 saturated heterocycles. The van der Waals surface area contributed by atoms with Gasteiger partial charge in [0.05, 0.1) is 10.3 Å². The number of Topliss-reactive ketones (excluding diaryl/α,β-unsaturated/α-hetero) is 1. The fourth-order valence-corrected chi connectivity index (χ4v) is 2.26. The second-order valence-electron chi connectivity index (χ2n) is 3.89. The quantitative estimate of drug-likeness (QED) is 0.807. The number of alkyl halides is 1. The summed E-state index contributed by atoms with van der Waals surface area (Å²) in [6.07, 6.45) is 2.36. The predicted molar refractivity (Wildman–Crippen MR) is 73.9 cm³/mol. The normalized spacial score (nSPS) is 12.6. The van der Waals surface area contributed by atoms with Gasteiger partial charge in [-0.15, -0.1) is 0 Å². The van der Waals surface area contributed by atoms with Crippen LogP contribution >= 0.6 is 27.5 Å². The number of nitrogens with zero attached hydrogens (tertiary/aromatic N) is 1. The number of benzene rings is 1. The van der Waals surface area contributed by atoms with E-state index in [4.69, 9.17) is 11.6 Å². The minimum Gasteiger partial charge on any atom is -0.299 e. The Bertz CT molecular complexity index is 570. The van der Waals surface area contributed by atoms with E-state index in [0.29, 0.717) is 11.4 Å². The van der Waals surface area contributed by atoms with Gasteiger partial charge in [0.1, 0.15) is 5.78 Å². The Morgan fingerprint density at radius 1 is 1.47 bits per heavy atom. The highest BCUT2D eigenvalue weighted by molar-refractivity contribution is 9.10. The van der Waals surface area contributed by atoms with Crippen molar-refractivity contribution in [2.45, 2.75) is 18.2 Å². The monoisotopic (exact) mass is 311 g/mol. The molecule has 1 atom stereocenters. The first-order valence-corrected chi connectivity index (χ1v) is 6.55. The molecule has 4 heteroatoms. The first-order chi connectivity index (χ1) is 8.09. The number of hydrogen-bond donors (Lipinski definition) is 0. The molecule has 1 unspecified atom stereocenters. The predicted octanol–water partition coefficient (Wildman–Crippen LogP) is 3.78. The molecule has 0 aliphatic carbocycles. The minimum atomic E-state index is -0.172. The average Bonchev–Trinajstić information content (AvgIpc) is 2.33. The van der Waals surface area contributed by atoms with Gasteiger partial charge in [-0.3, -0.25) is 9.78 Å². The Kier molecular flexibility index (Phi) is 3.79. The number of aromatic nitrogens is 1. The fourth-order valence-electron chi connectivity index (χ4n) is 1.70. The van der Waals surface area contributed by atoms with Crippen molar-refractivity contribution in [1.29, 1.82) is 0 Å². The summed E-state index contributed by atoms with van der Waals surface area (Å²) < 4.78 is 0. The number of fused-ring (bicyclic) bond motifs is 1. The molecule has 2 rings (SSSR count). The maximum atomic E-state index is 11.3. The number of carbonyl (C=O) groups excluding carboxylic acids is 1. The zero-order chi connectivity index (χ0) is 12.4. The van der Waals surface area contributed by atoms with Crippen LogP contribution in [0.15, 0.2) is 30.5 Å². The van der Waals surface area contributed by atoms with E-state index in [1.807, 2.05) is 24.3 Å². The van der Waals surface area contributed by atoms with Crippen LogP contribution in [0.5, 0.6) is 0 Å². The number of hydrogen-bond acceptors (Lipinski definition) is 2. The summed E-state index contributed by atoms with van der Waals surface area (Å²) in [4.78, 5) is 15.4. The summed E-state index contributed by atoms with van der Waals surface area (Å²) in [5, 5.41) is 1.61. The van der Waals surface area contributed by atoms with E-state index >= 15 is 0 Å². The summed E-state index contributed by atoms with van der Waals surface area (Å²) in [5.41, 5.74) is 1.90. The minimum absolute atomic E-state index is 0.115. The fraction of sp³-hybridized carbons (Fsp3) is 0.231. The molecule has 0 radical (unpaired) electrons. The van der Waals surface area contributed by atoms with Crippen LogP contribution in [-0.2, 0) is 11.2 Å². The zero-order valence-corrected chi connectivity index (χ0v) is 11.6. The first kappa shape index (κ1) is 12.5. The van der Waals surface area contributed by atoms with Gasteiger partial charge in [0, 0.05) is 16.6 Å². The van der Waals surface area contributed by atoms with Crippen molar-refractivity contribution in [3.63, 3.8) is 0 Å². The van der Waals surface area contributed by atoms with E-state index in [-0.39, 0.29) is 10.6 Å². The lowest BCUT2D eigenvalue weighted by Gasteiger charge is -2.09. The van der Waals surface area contributed by atoms with Crippen LogP contribution in [0.2, 0.25) is 5.02 Å². The highest BCUT2D eigenvalue weighted by Gasteiger charge is 2.13. The molecule has 0 bridgehead atoms. The highest BCUT2D eigenvalue weighted by Crippen LogP contribution is 2.26. The first-order valence-electron chi connectivity index (χ1n) is 5.26. The number of pyridine rings is 1. The molecule has 1 aromatic heterocycles. The van der Waals surface area contributed by atoms with Crippen LogP contribution < -0.4 is 0 Å². The van der Waals surface area contributed by atoms with Crippen LogP contribution in [0.1, 0.15) is 12.5 Å². The van der Waals surface area contributed by atoms with E-state index in [0.717, 1.165) is 16.5 Å². The lowest BCUT2D eigenvalue weighted by atomic mass is 10.0. The molecule has 1 aromatic carbocycles. The molecule has 88 valence electrons. The maximum absolute atomic E-state index is 11.3. The van der Waals surface area contributed by atoms with Crippen LogP contribution in [0.25, 0.3) is 10.9 Å². The van der Waals surface area contributed by atoms with Gasteiger partial charge >= 0.3 is 0 Å². The molecule has 2 nitrogen and oxygen atoms in total. The summed E-state index contributed by atoms with van der Waals surface area (Å²) in [7, 11) is 0. The Morgan fingerprint density at radius 2 is 2.24 bits per heavy atom. The lowest BCUT2D eigenvalue weighted by Crippen LogP contribution is -2.13. The molecule has 0 amide bonds. The van der Waals surface area contributed by atoms with E-state index in [2.05, 4.69) is 20.9 Å². The molecule has 0 saturated carbocycles. The topological polar surface area (TPSA) is 30.0 Å². The van der Waals surface area contributed by atoms with Gasteiger partial charge in [0.15, 0.2) is 0 Å². The van der Waals surface area contributed by atoms with Crippen LogP contribution in [0.3, 0.4) is 0 Å². The van der Waals surface area contributed by atoms with Crippen molar-refractivity contribution in [1.82, 2.24) is 4.98 Å². The van der Waals surface area contributed by atoms with Crippen molar-refractivity contribution in [2.75, 3.05) is 0 Å². The lowest BCUT2D eigenvalue weighted by molar-refractivity contribution is -0.116.